The van der Waals surface area contributed by atoms with Crippen molar-refractivity contribution >= 4 is 27.7 Å². The fourth-order valence-electron chi connectivity index (χ4n) is 2.65. The molecule has 0 aliphatic carbocycles. The summed E-state index contributed by atoms with van der Waals surface area (Å²) in [6.45, 7) is 1.24. The summed E-state index contributed by atoms with van der Waals surface area (Å²) in [5.74, 6) is 0.646. The molecule has 8 heteroatoms. The van der Waals surface area contributed by atoms with Crippen LogP contribution in [-0.2, 0) is 20.6 Å². The van der Waals surface area contributed by atoms with E-state index in [2.05, 4.69) is 5.32 Å². The van der Waals surface area contributed by atoms with Crippen LogP contribution in [0.5, 0.6) is 0 Å². The van der Waals surface area contributed by atoms with E-state index in [0.29, 0.717) is 43.0 Å². The number of piperidine rings is 1. The van der Waals surface area contributed by atoms with Crippen LogP contribution in [-0.4, -0.2) is 50.3 Å². The molecule has 1 aliphatic heterocycles. The van der Waals surface area contributed by atoms with Crippen molar-refractivity contribution in [2.24, 2.45) is 5.92 Å². The molecule has 2 rings (SSSR count). The van der Waals surface area contributed by atoms with Crippen molar-refractivity contribution in [1.82, 2.24) is 9.62 Å². The lowest BCUT2D eigenvalue weighted by Gasteiger charge is -2.30. The van der Waals surface area contributed by atoms with E-state index in [4.69, 9.17) is 0 Å². The van der Waals surface area contributed by atoms with E-state index in [1.807, 2.05) is 0 Å². The van der Waals surface area contributed by atoms with Crippen LogP contribution in [0.2, 0.25) is 0 Å². The van der Waals surface area contributed by atoms with Gasteiger partial charge in [0.2, 0.25) is 15.9 Å². The standard InChI is InChI=1S/C16H23FN2O3S2/c1-24(21,22)19-9-4-6-13(11-19)16(20)18-8-10-23-12-14-5-2-3-7-15(14)17/h2-3,5,7,13H,4,6,8-12H2,1H3,(H,18,20)/t13-/m1/s1. The van der Waals surface area contributed by atoms with Crippen molar-refractivity contribution in [3.63, 3.8) is 0 Å². The van der Waals surface area contributed by atoms with Crippen LogP contribution < -0.4 is 5.32 Å². The first-order valence-electron chi connectivity index (χ1n) is 7.92. The van der Waals surface area contributed by atoms with E-state index in [-0.39, 0.29) is 24.2 Å². The molecular formula is C16H23FN2O3S2. The predicted molar refractivity (Wildman–Crippen MR) is 94.7 cm³/mol. The van der Waals surface area contributed by atoms with Gasteiger partial charge in [-0.15, -0.1) is 0 Å². The highest BCUT2D eigenvalue weighted by atomic mass is 32.2. The largest absolute Gasteiger partial charge is 0.355 e. The molecule has 1 aromatic rings. The van der Waals surface area contributed by atoms with Gasteiger partial charge in [0.15, 0.2) is 0 Å². The van der Waals surface area contributed by atoms with Crippen LogP contribution >= 0.6 is 11.8 Å². The quantitative estimate of drug-likeness (QED) is 0.740. The number of nitrogens with zero attached hydrogens (tertiary/aromatic N) is 1. The molecule has 1 saturated heterocycles. The molecule has 24 heavy (non-hydrogen) atoms. The van der Waals surface area contributed by atoms with Gasteiger partial charge in [0.05, 0.1) is 12.2 Å². The highest BCUT2D eigenvalue weighted by Crippen LogP contribution is 2.19. The number of nitrogens with one attached hydrogen (secondary N) is 1. The van der Waals surface area contributed by atoms with E-state index < -0.39 is 10.0 Å². The monoisotopic (exact) mass is 374 g/mol. The van der Waals surface area contributed by atoms with Crippen molar-refractivity contribution in [1.29, 1.82) is 0 Å². The van der Waals surface area contributed by atoms with E-state index >= 15 is 0 Å². The second-order valence-corrected chi connectivity index (χ2v) is 8.98. The molecule has 0 aromatic heterocycles. The molecule has 0 unspecified atom stereocenters. The topological polar surface area (TPSA) is 66.5 Å². The first kappa shape index (κ1) is 19.2. The maximum Gasteiger partial charge on any atom is 0.224 e. The Morgan fingerprint density at radius 1 is 1.42 bits per heavy atom. The number of hydrogen-bond donors (Lipinski definition) is 1. The van der Waals surface area contributed by atoms with Gasteiger partial charge in [0.1, 0.15) is 5.82 Å². The third-order valence-electron chi connectivity index (χ3n) is 3.98. The number of thioether (sulfide) groups is 1. The highest BCUT2D eigenvalue weighted by Gasteiger charge is 2.29. The highest BCUT2D eigenvalue weighted by molar-refractivity contribution is 7.98. The van der Waals surface area contributed by atoms with Gasteiger partial charge in [-0.05, 0) is 24.5 Å². The van der Waals surface area contributed by atoms with E-state index in [1.54, 1.807) is 30.0 Å². The lowest BCUT2D eigenvalue weighted by atomic mass is 9.99. The zero-order valence-corrected chi connectivity index (χ0v) is 15.3. The van der Waals surface area contributed by atoms with E-state index in [9.17, 15) is 17.6 Å². The number of benzene rings is 1. The second kappa shape index (κ2) is 8.82. The Kier molecular flexibility index (Phi) is 7.06. The molecule has 1 heterocycles. The molecule has 5 nitrogen and oxygen atoms in total. The summed E-state index contributed by atoms with van der Waals surface area (Å²) < 4.78 is 38.0. The Bertz CT molecular complexity index is 667. The first-order valence-corrected chi connectivity index (χ1v) is 10.9. The van der Waals surface area contributed by atoms with Gasteiger partial charge in [-0.1, -0.05) is 18.2 Å². The molecule has 1 aliphatic rings. The van der Waals surface area contributed by atoms with Crippen molar-refractivity contribution < 1.29 is 17.6 Å². The summed E-state index contributed by atoms with van der Waals surface area (Å²) in [7, 11) is -3.24. The second-order valence-electron chi connectivity index (χ2n) is 5.90. The summed E-state index contributed by atoms with van der Waals surface area (Å²) in [6.07, 6.45) is 2.58. The Hall–Kier alpha value is -1.12. The maximum absolute atomic E-state index is 13.5. The average Bonchev–Trinajstić information content (AvgIpc) is 2.55. The zero-order valence-electron chi connectivity index (χ0n) is 13.7. The lowest BCUT2D eigenvalue weighted by molar-refractivity contribution is -0.125. The van der Waals surface area contributed by atoms with Crippen LogP contribution in [0, 0.1) is 11.7 Å². The van der Waals surface area contributed by atoms with Gasteiger partial charge >= 0.3 is 0 Å². The summed E-state index contributed by atoms with van der Waals surface area (Å²) in [4.78, 5) is 12.2. The lowest BCUT2D eigenvalue weighted by Crippen LogP contribution is -2.45. The van der Waals surface area contributed by atoms with Gasteiger partial charge in [-0.3, -0.25) is 4.79 Å². The van der Waals surface area contributed by atoms with Crippen LogP contribution in [0.3, 0.4) is 0 Å². The zero-order chi connectivity index (χ0) is 17.6. The first-order chi connectivity index (χ1) is 11.4. The van der Waals surface area contributed by atoms with Crippen LogP contribution in [0.15, 0.2) is 24.3 Å². The summed E-state index contributed by atoms with van der Waals surface area (Å²) >= 11 is 1.55. The normalized spacial score (nSPS) is 19.2. The molecule has 0 bridgehead atoms. The third kappa shape index (κ3) is 5.75. The molecular weight excluding hydrogens is 351 g/mol. The Labute approximate surface area is 147 Å². The molecule has 1 fully saturated rings. The summed E-state index contributed by atoms with van der Waals surface area (Å²) in [5, 5.41) is 2.85. The fourth-order valence-corrected chi connectivity index (χ4v) is 4.40. The number of rotatable bonds is 7. The average molecular weight is 375 g/mol. The van der Waals surface area contributed by atoms with Gasteiger partial charge in [-0.2, -0.15) is 11.8 Å². The minimum absolute atomic E-state index is 0.102. The summed E-state index contributed by atoms with van der Waals surface area (Å²) in [6, 6.07) is 6.65. The Morgan fingerprint density at radius 3 is 2.88 bits per heavy atom. The van der Waals surface area contributed by atoms with Crippen molar-refractivity contribution in [3.8, 4) is 0 Å². The number of amides is 1. The van der Waals surface area contributed by atoms with Crippen molar-refractivity contribution in [3.05, 3.63) is 35.6 Å². The fraction of sp³-hybridized carbons (Fsp3) is 0.562. The molecule has 0 radical (unpaired) electrons. The van der Waals surface area contributed by atoms with Crippen LogP contribution in [0.1, 0.15) is 18.4 Å². The molecule has 134 valence electrons. The maximum atomic E-state index is 13.5. The molecule has 1 aromatic carbocycles. The molecule has 0 spiro atoms. The number of hydrogen-bond acceptors (Lipinski definition) is 4. The number of halogens is 1. The van der Waals surface area contributed by atoms with Gasteiger partial charge in [0.25, 0.3) is 0 Å². The molecule has 1 atom stereocenters. The molecule has 1 N–H and O–H groups in total. The van der Waals surface area contributed by atoms with Gasteiger partial charge < -0.3 is 5.32 Å². The van der Waals surface area contributed by atoms with Crippen molar-refractivity contribution in [2.75, 3.05) is 31.6 Å². The van der Waals surface area contributed by atoms with Crippen molar-refractivity contribution in [2.45, 2.75) is 18.6 Å². The molecule has 0 saturated carbocycles. The minimum Gasteiger partial charge on any atom is -0.355 e. The van der Waals surface area contributed by atoms with Crippen LogP contribution in [0.4, 0.5) is 4.39 Å². The van der Waals surface area contributed by atoms with Gasteiger partial charge in [0, 0.05) is 31.1 Å². The third-order valence-corrected chi connectivity index (χ3v) is 6.26. The summed E-state index contributed by atoms with van der Waals surface area (Å²) in [5.41, 5.74) is 0.657. The number of sulfonamides is 1. The number of carbonyl (C=O) groups is 1. The Morgan fingerprint density at radius 2 is 2.17 bits per heavy atom. The Balaban J connectivity index is 1.69. The SMILES string of the molecule is CS(=O)(=O)N1CCC[C@@H](C(=O)NCCSCc2ccccc2F)C1. The minimum atomic E-state index is -3.24. The predicted octanol–water partition coefficient (Wildman–Crippen LogP) is 1.85. The van der Waals surface area contributed by atoms with Gasteiger partial charge in [-0.25, -0.2) is 17.1 Å². The smallest absolute Gasteiger partial charge is 0.224 e. The van der Waals surface area contributed by atoms with E-state index in [1.165, 1.54) is 16.6 Å². The molecule has 1 amide bonds. The van der Waals surface area contributed by atoms with Crippen LogP contribution in [0.25, 0.3) is 0 Å². The number of carbonyl (C=O) groups excluding carboxylic acids is 1. The van der Waals surface area contributed by atoms with E-state index in [0.717, 1.165) is 0 Å².